The van der Waals surface area contributed by atoms with Crippen molar-refractivity contribution in [3.8, 4) is 0 Å². The lowest BCUT2D eigenvalue weighted by atomic mass is 9.87. The third-order valence-corrected chi connectivity index (χ3v) is 5.27. The summed E-state index contributed by atoms with van der Waals surface area (Å²) in [6, 6.07) is 0.814. The fourth-order valence-electron chi connectivity index (χ4n) is 2.93. The van der Waals surface area contributed by atoms with Crippen LogP contribution in [-0.4, -0.2) is 23.6 Å². The monoisotopic (exact) mass is 227 g/mol. The van der Waals surface area contributed by atoms with Crippen LogP contribution in [0.25, 0.3) is 0 Å². The Bertz CT molecular complexity index is 173. The summed E-state index contributed by atoms with van der Waals surface area (Å²) in [6.45, 7) is 3.62. The number of thioether (sulfide) groups is 1. The Hall–Kier alpha value is 0.310. The molecule has 2 aliphatic rings. The molecule has 2 rings (SSSR count). The number of rotatable bonds is 4. The molecule has 1 nitrogen and oxygen atoms in total. The summed E-state index contributed by atoms with van der Waals surface area (Å²) < 4.78 is 0. The predicted octanol–water partition coefficient (Wildman–Crippen LogP) is 3.44. The fourth-order valence-corrected chi connectivity index (χ4v) is 4.11. The Kier molecular flexibility index (Phi) is 4.83. The molecule has 1 heterocycles. The largest absolute Gasteiger partial charge is 0.313 e. The van der Waals surface area contributed by atoms with Gasteiger partial charge in [-0.25, -0.2) is 0 Å². The van der Waals surface area contributed by atoms with E-state index < -0.39 is 0 Å². The standard InChI is InChI=1S/C13H25NS/c1-11-9-13(10-15-11)14-8-7-12-5-3-2-4-6-12/h11-14H,2-10H2,1H3. The van der Waals surface area contributed by atoms with Crippen molar-refractivity contribution in [3.05, 3.63) is 0 Å². The molecule has 0 bridgehead atoms. The highest BCUT2D eigenvalue weighted by molar-refractivity contribution is 8.00. The van der Waals surface area contributed by atoms with Gasteiger partial charge in [-0.1, -0.05) is 39.0 Å². The maximum Gasteiger partial charge on any atom is 0.0168 e. The van der Waals surface area contributed by atoms with Gasteiger partial charge in [0, 0.05) is 17.0 Å². The zero-order valence-electron chi connectivity index (χ0n) is 10.0. The highest BCUT2D eigenvalue weighted by Crippen LogP contribution is 2.27. The molecule has 15 heavy (non-hydrogen) atoms. The molecule has 1 saturated carbocycles. The molecular weight excluding hydrogens is 202 g/mol. The molecule has 0 aromatic rings. The SMILES string of the molecule is CC1CC(NCCC2CCCCC2)CS1. The van der Waals surface area contributed by atoms with Gasteiger partial charge in [0.25, 0.3) is 0 Å². The van der Waals surface area contributed by atoms with Gasteiger partial charge in [0.15, 0.2) is 0 Å². The summed E-state index contributed by atoms with van der Waals surface area (Å²) in [5.74, 6) is 2.38. The van der Waals surface area contributed by atoms with Crippen molar-refractivity contribution in [1.29, 1.82) is 0 Å². The van der Waals surface area contributed by atoms with Crippen LogP contribution in [0.5, 0.6) is 0 Å². The molecule has 0 aromatic heterocycles. The van der Waals surface area contributed by atoms with Gasteiger partial charge in [-0.15, -0.1) is 0 Å². The molecule has 2 unspecified atom stereocenters. The minimum atomic E-state index is 0.814. The van der Waals surface area contributed by atoms with Crippen molar-refractivity contribution in [1.82, 2.24) is 5.32 Å². The van der Waals surface area contributed by atoms with Gasteiger partial charge in [0.2, 0.25) is 0 Å². The molecule has 1 saturated heterocycles. The molecule has 1 N–H and O–H groups in total. The lowest BCUT2D eigenvalue weighted by Gasteiger charge is -2.22. The first-order chi connectivity index (χ1) is 7.34. The van der Waals surface area contributed by atoms with Crippen molar-refractivity contribution in [2.45, 2.75) is 63.2 Å². The molecule has 0 amide bonds. The first-order valence-electron chi connectivity index (χ1n) is 6.69. The zero-order chi connectivity index (χ0) is 10.5. The van der Waals surface area contributed by atoms with Gasteiger partial charge in [-0.05, 0) is 25.3 Å². The van der Waals surface area contributed by atoms with Crippen LogP contribution in [-0.2, 0) is 0 Å². The Morgan fingerprint density at radius 1 is 1.20 bits per heavy atom. The van der Waals surface area contributed by atoms with Crippen molar-refractivity contribution >= 4 is 11.8 Å². The van der Waals surface area contributed by atoms with E-state index in [1.54, 1.807) is 0 Å². The molecular formula is C13H25NS. The molecule has 2 atom stereocenters. The second kappa shape index (κ2) is 6.15. The molecule has 0 spiro atoms. The molecule has 1 aliphatic carbocycles. The molecule has 1 aliphatic heterocycles. The molecule has 88 valence electrons. The van der Waals surface area contributed by atoms with Crippen LogP contribution in [0.2, 0.25) is 0 Å². The Morgan fingerprint density at radius 2 is 2.00 bits per heavy atom. The van der Waals surface area contributed by atoms with Crippen LogP contribution < -0.4 is 5.32 Å². The number of hydrogen-bond donors (Lipinski definition) is 1. The molecule has 0 aromatic carbocycles. The number of nitrogens with one attached hydrogen (secondary N) is 1. The first kappa shape index (κ1) is 11.8. The van der Waals surface area contributed by atoms with Crippen LogP contribution >= 0.6 is 11.8 Å². The van der Waals surface area contributed by atoms with E-state index in [0.717, 1.165) is 17.2 Å². The summed E-state index contributed by atoms with van der Waals surface area (Å²) in [5, 5.41) is 4.62. The van der Waals surface area contributed by atoms with Crippen molar-refractivity contribution in [2.24, 2.45) is 5.92 Å². The summed E-state index contributed by atoms with van der Waals surface area (Å²) >= 11 is 2.13. The maximum atomic E-state index is 3.74. The maximum absolute atomic E-state index is 3.74. The summed E-state index contributed by atoms with van der Waals surface area (Å²) in [7, 11) is 0. The molecule has 2 heteroatoms. The quantitative estimate of drug-likeness (QED) is 0.789. The van der Waals surface area contributed by atoms with E-state index in [-0.39, 0.29) is 0 Å². The van der Waals surface area contributed by atoms with Crippen molar-refractivity contribution < 1.29 is 0 Å². The Morgan fingerprint density at radius 3 is 2.67 bits per heavy atom. The smallest absolute Gasteiger partial charge is 0.0168 e. The second-order valence-corrected chi connectivity index (χ2v) is 6.79. The van der Waals surface area contributed by atoms with Crippen LogP contribution in [0.1, 0.15) is 51.9 Å². The first-order valence-corrected chi connectivity index (χ1v) is 7.74. The van der Waals surface area contributed by atoms with Gasteiger partial charge < -0.3 is 5.32 Å². The van der Waals surface area contributed by atoms with Gasteiger partial charge in [0.05, 0.1) is 0 Å². The summed E-state index contributed by atoms with van der Waals surface area (Å²) in [6.07, 6.45) is 10.3. The second-order valence-electron chi connectivity index (χ2n) is 5.32. The zero-order valence-corrected chi connectivity index (χ0v) is 10.8. The van der Waals surface area contributed by atoms with E-state index in [4.69, 9.17) is 0 Å². The topological polar surface area (TPSA) is 12.0 Å². The highest BCUT2D eigenvalue weighted by atomic mass is 32.2. The summed E-state index contributed by atoms with van der Waals surface area (Å²) in [4.78, 5) is 0. The van der Waals surface area contributed by atoms with Gasteiger partial charge in [-0.2, -0.15) is 11.8 Å². The molecule has 2 fully saturated rings. The third-order valence-electron chi connectivity index (χ3n) is 3.91. The Labute approximate surface area is 98.8 Å². The van der Waals surface area contributed by atoms with E-state index in [2.05, 4.69) is 24.0 Å². The van der Waals surface area contributed by atoms with E-state index in [0.29, 0.717) is 0 Å². The summed E-state index contributed by atoms with van der Waals surface area (Å²) in [5.41, 5.74) is 0. The van der Waals surface area contributed by atoms with E-state index in [1.165, 1.54) is 57.2 Å². The molecule has 0 radical (unpaired) electrons. The Balaban J connectivity index is 1.54. The van der Waals surface area contributed by atoms with Gasteiger partial charge in [-0.3, -0.25) is 0 Å². The van der Waals surface area contributed by atoms with Gasteiger partial charge in [0.1, 0.15) is 0 Å². The predicted molar refractivity (Wildman–Crippen MR) is 69.5 cm³/mol. The minimum absolute atomic E-state index is 0.814. The average Bonchev–Trinajstić information content (AvgIpc) is 2.66. The lowest BCUT2D eigenvalue weighted by molar-refractivity contribution is 0.329. The van der Waals surface area contributed by atoms with Crippen molar-refractivity contribution in [3.63, 3.8) is 0 Å². The van der Waals surface area contributed by atoms with E-state index >= 15 is 0 Å². The van der Waals surface area contributed by atoms with Crippen LogP contribution in [0.3, 0.4) is 0 Å². The third kappa shape index (κ3) is 3.99. The normalized spacial score (nSPS) is 33.4. The minimum Gasteiger partial charge on any atom is -0.313 e. The lowest BCUT2D eigenvalue weighted by Crippen LogP contribution is -2.31. The highest BCUT2D eigenvalue weighted by Gasteiger charge is 2.21. The average molecular weight is 227 g/mol. The van der Waals surface area contributed by atoms with E-state index in [1.807, 2.05) is 0 Å². The van der Waals surface area contributed by atoms with Crippen molar-refractivity contribution in [2.75, 3.05) is 12.3 Å². The van der Waals surface area contributed by atoms with Crippen LogP contribution in [0.15, 0.2) is 0 Å². The van der Waals surface area contributed by atoms with E-state index in [9.17, 15) is 0 Å². The van der Waals surface area contributed by atoms with Crippen LogP contribution in [0.4, 0.5) is 0 Å². The van der Waals surface area contributed by atoms with Gasteiger partial charge >= 0.3 is 0 Å². The fraction of sp³-hybridized carbons (Fsp3) is 1.00. The van der Waals surface area contributed by atoms with Crippen LogP contribution in [0, 0.1) is 5.92 Å². The number of hydrogen-bond acceptors (Lipinski definition) is 2.